The molecule has 98 valence electrons. The molecule has 0 aromatic carbocycles. The van der Waals surface area contributed by atoms with Gasteiger partial charge in [0.25, 0.3) is 0 Å². The van der Waals surface area contributed by atoms with Crippen molar-refractivity contribution in [2.75, 3.05) is 5.75 Å². The number of rotatable bonds is 3. The van der Waals surface area contributed by atoms with Gasteiger partial charge in [0.15, 0.2) is 9.84 Å². The zero-order chi connectivity index (χ0) is 12.2. The molecular weight excluding hydrogens is 234 g/mol. The SMILES string of the molecule is CC(N)CS(=O)(=O)C1C2CC3CC(C2)CC1C3. The number of hydrogen-bond acceptors (Lipinski definition) is 3. The van der Waals surface area contributed by atoms with Crippen molar-refractivity contribution in [2.24, 2.45) is 29.4 Å². The van der Waals surface area contributed by atoms with Crippen LogP contribution >= 0.6 is 0 Å². The Morgan fingerprint density at radius 2 is 1.53 bits per heavy atom. The second kappa shape index (κ2) is 3.95. The van der Waals surface area contributed by atoms with E-state index in [1.54, 1.807) is 6.92 Å². The van der Waals surface area contributed by atoms with E-state index < -0.39 is 9.84 Å². The van der Waals surface area contributed by atoms with E-state index in [9.17, 15) is 8.42 Å². The lowest BCUT2D eigenvalue weighted by Crippen LogP contribution is -2.53. The monoisotopic (exact) mass is 257 g/mol. The molecule has 4 aliphatic carbocycles. The Morgan fingerprint density at radius 1 is 1.06 bits per heavy atom. The van der Waals surface area contributed by atoms with E-state index in [1.165, 1.54) is 6.42 Å². The van der Waals surface area contributed by atoms with Gasteiger partial charge < -0.3 is 5.73 Å². The maximum absolute atomic E-state index is 12.5. The van der Waals surface area contributed by atoms with E-state index >= 15 is 0 Å². The fraction of sp³-hybridized carbons (Fsp3) is 1.00. The van der Waals surface area contributed by atoms with E-state index in [1.807, 2.05) is 0 Å². The Balaban J connectivity index is 1.84. The largest absolute Gasteiger partial charge is 0.327 e. The Labute approximate surface area is 104 Å². The highest BCUT2D eigenvalue weighted by molar-refractivity contribution is 7.92. The van der Waals surface area contributed by atoms with Crippen molar-refractivity contribution in [3.8, 4) is 0 Å². The fourth-order valence-electron chi connectivity index (χ4n) is 4.94. The van der Waals surface area contributed by atoms with E-state index in [0.29, 0.717) is 11.8 Å². The maximum atomic E-state index is 12.5. The van der Waals surface area contributed by atoms with Crippen LogP contribution < -0.4 is 5.73 Å². The molecule has 1 atom stereocenters. The van der Waals surface area contributed by atoms with Gasteiger partial charge in [0.1, 0.15) is 0 Å². The van der Waals surface area contributed by atoms with Gasteiger partial charge in [-0.25, -0.2) is 8.42 Å². The Hall–Kier alpha value is -0.0900. The van der Waals surface area contributed by atoms with Crippen LogP contribution in [0.3, 0.4) is 0 Å². The molecule has 3 nitrogen and oxygen atoms in total. The Bertz CT molecular complexity index is 374. The van der Waals surface area contributed by atoms with Gasteiger partial charge in [-0.3, -0.25) is 0 Å². The number of nitrogens with two attached hydrogens (primary N) is 1. The van der Waals surface area contributed by atoms with Crippen LogP contribution in [0, 0.1) is 23.7 Å². The summed E-state index contributed by atoms with van der Waals surface area (Å²) >= 11 is 0. The first kappa shape index (κ1) is 12.0. The lowest BCUT2D eigenvalue weighted by Gasteiger charge is -2.53. The zero-order valence-corrected chi connectivity index (χ0v) is 11.3. The van der Waals surface area contributed by atoms with Crippen LogP contribution in [0.15, 0.2) is 0 Å². The quantitative estimate of drug-likeness (QED) is 0.835. The highest BCUT2D eigenvalue weighted by Crippen LogP contribution is 2.55. The summed E-state index contributed by atoms with van der Waals surface area (Å²) in [6.07, 6.45) is 6.02. The molecule has 0 heterocycles. The minimum Gasteiger partial charge on any atom is -0.327 e. The third kappa shape index (κ3) is 2.03. The Morgan fingerprint density at radius 3 is 1.94 bits per heavy atom. The Kier molecular flexibility index (Phi) is 2.78. The summed E-state index contributed by atoms with van der Waals surface area (Å²) in [5.74, 6) is 2.75. The minimum absolute atomic E-state index is 0.0544. The van der Waals surface area contributed by atoms with Crippen LogP contribution in [-0.4, -0.2) is 25.5 Å². The molecule has 0 aliphatic heterocycles. The molecule has 2 N–H and O–H groups in total. The molecule has 4 fully saturated rings. The van der Waals surface area contributed by atoms with Crippen molar-refractivity contribution < 1.29 is 8.42 Å². The summed E-state index contributed by atoms with van der Waals surface area (Å²) in [5, 5.41) is -0.0544. The van der Waals surface area contributed by atoms with E-state index in [2.05, 4.69) is 0 Å². The third-order valence-corrected chi connectivity index (χ3v) is 7.64. The summed E-state index contributed by atoms with van der Waals surface area (Å²) in [5.41, 5.74) is 5.69. The van der Waals surface area contributed by atoms with Crippen LogP contribution in [-0.2, 0) is 9.84 Å². The molecule has 0 spiro atoms. The van der Waals surface area contributed by atoms with Crippen molar-refractivity contribution in [2.45, 2.75) is 50.3 Å². The summed E-state index contributed by atoms with van der Waals surface area (Å²) in [4.78, 5) is 0. The molecule has 4 rings (SSSR count). The normalized spacial score (nSPS) is 46.1. The van der Waals surface area contributed by atoms with Gasteiger partial charge in [-0.15, -0.1) is 0 Å². The first-order chi connectivity index (χ1) is 7.95. The van der Waals surface area contributed by atoms with E-state index in [4.69, 9.17) is 5.73 Å². The van der Waals surface area contributed by atoms with Crippen LogP contribution in [0.5, 0.6) is 0 Å². The first-order valence-electron chi connectivity index (χ1n) is 6.93. The van der Waals surface area contributed by atoms with E-state index in [-0.39, 0.29) is 17.0 Å². The van der Waals surface area contributed by atoms with Crippen LogP contribution in [0.4, 0.5) is 0 Å². The van der Waals surface area contributed by atoms with Crippen LogP contribution in [0.25, 0.3) is 0 Å². The van der Waals surface area contributed by atoms with Gasteiger partial charge in [-0.2, -0.15) is 0 Å². The smallest absolute Gasteiger partial charge is 0.155 e. The van der Waals surface area contributed by atoms with E-state index in [0.717, 1.165) is 37.5 Å². The molecule has 1 unspecified atom stereocenters. The zero-order valence-electron chi connectivity index (χ0n) is 10.5. The molecule has 4 saturated carbocycles. The summed E-state index contributed by atoms with van der Waals surface area (Å²) < 4.78 is 24.9. The van der Waals surface area contributed by atoms with Gasteiger partial charge in [-0.05, 0) is 62.7 Å². The second-order valence-electron chi connectivity index (χ2n) is 6.70. The third-order valence-electron chi connectivity index (χ3n) is 5.05. The lowest BCUT2D eigenvalue weighted by atomic mass is 9.56. The predicted molar refractivity (Wildman–Crippen MR) is 68.3 cm³/mol. The average Bonchev–Trinajstić information content (AvgIpc) is 2.11. The van der Waals surface area contributed by atoms with Gasteiger partial charge >= 0.3 is 0 Å². The topological polar surface area (TPSA) is 60.2 Å². The van der Waals surface area contributed by atoms with Crippen molar-refractivity contribution >= 4 is 9.84 Å². The molecule has 0 amide bonds. The van der Waals surface area contributed by atoms with Crippen molar-refractivity contribution in [1.82, 2.24) is 0 Å². The lowest BCUT2D eigenvalue weighted by molar-refractivity contribution is 0.0237. The average molecular weight is 257 g/mol. The summed E-state index contributed by atoms with van der Waals surface area (Å²) in [7, 11) is -2.97. The fourth-order valence-corrected chi connectivity index (χ4v) is 7.51. The van der Waals surface area contributed by atoms with Gasteiger partial charge in [0.05, 0.1) is 11.0 Å². The molecule has 0 saturated heterocycles. The first-order valence-corrected chi connectivity index (χ1v) is 8.64. The summed E-state index contributed by atoms with van der Waals surface area (Å²) in [6, 6.07) is -0.225. The van der Waals surface area contributed by atoms with Crippen LogP contribution in [0.1, 0.15) is 39.0 Å². The highest BCUT2D eigenvalue weighted by atomic mass is 32.2. The molecule has 0 aromatic heterocycles. The summed E-state index contributed by atoms with van der Waals surface area (Å²) in [6.45, 7) is 1.80. The van der Waals surface area contributed by atoms with Crippen molar-refractivity contribution in [3.63, 3.8) is 0 Å². The molecular formula is C13H23NO2S. The molecule has 4 aliphatic rings. The van der Waals surface area contributed by atoms with Crippen LogP contribution in [0.2, 0.25) is 0 Å². The maximum Gasteiger partial charge on any atom is 0.155 e. The highest BCUT2D eigenvalue weighted by Gasteiger charge is 2.52. The van der Waals surface area contributed by atoms with Gasteiger partial charge in [-0.1, -0.05) is 0 Å². The predicted octanol–water partition coefficient (Wildman–Crippen LogP) is 1.57. The molecule has 0 aromatic rings. The molecule has 17 heavy (non-hydrogen) atoms. The number of sulfone groups is 1. The standard InChI is InChI=1S/C13H23NO2S/c1-8(14)7-17(15,16)13-11-3-9-2-10(5-11)6-12(13)4-9/h8-13H,2-7,14H2,1H3. The minimum atomic E-state index is -2.97. The number of hydrogen-bond donors (Lipinski definition) is 1. The van der Waals surface area contributed by atoms with Gasteiger partial charge in [0.2, 0.25) is 0 Å². The van der Waals surface area contributed by atoms with Crippen molar-refractivity contribution in [3.05, 3.63) is 0 Å². The van der Waals surface area contributed by atoms with Crippen molar-refractivity contribution in [1.29, 1.82) is 0 Å². The molecule has 4 heteroatoms. The molecule has 0 radical (unpaired) electrons. The molecule has 4 bridgehead atoms. The van der Waals surface area contributed by atoms with Gasteiger partial charge in [0, 0.05) is 6.04 Å². The second-order valence-corrected chi connectivity index (χ2v) is 8.91.